The maximum atomic E-state index is 13.7. The fraction of sp³-hybridized carbons (Fsp3) is 0.375. The first-order valence-electron chi connectivity index (χ1n) is 10.1. The summed E-state index contributed by atoms with van der Waals surface area (Å²) in [5, 5.41) is 0.867. The van der Waals surface area contributed by atoms with Crippen LogP contribution in [0.15, 0.2) is 34.7 Å². The lowest BCUT2D eigenvalue weighted by Gasteiger charge is -2.32. The average molecular weight is 392 g/mol. The van der Waals surface area contributed by atoms with E-state index in [0.29, 0.717) is 17.0 Å². The third kappa shape index (κ3) is 3.51. The molecule has 2 aromatic carbocycles. The van der Waals surface area contributed by atoms with Crippen molar-refractivity contribution in [1.82, 2.24) is 4.90 Å². The Morgan fingerprint density at radius 1 is 1.03 bits per heavy atom. The molecule has 1 fully saturated rings. The number of carbonyl (C=O) groups is 1. The normalized spacial score (nSPS) is 15.1. The lowest BCUT2D eigenvalue weighted by Crippen LogP contribution is -2.44. The third-order valence-electron chi connectivity index (χ3n) is 5.95. The molecule has 0 atom stereocenters. The quantitative estimate of drug-likeness (QED) is 0.618. The van der Waals surface area contributed by atoms with Gasteiger partial charge in [-0.1, -0.05) is 12.1 Å². The molecule has 29 heavy (non-hydrogen) atoms. The number of aryl methyl sites for hydroxylation is 2. The van der Waals surface area contributed by atoms with Crippen LogP contribution in [0.2, 0.25) is 0 Å². The summed E-state index contributed by atoms with van der Waals surface area (Å²) in [4.78, 5) is 18.2. The Bertz CT molecular complexity index is 1080. The van der Waals surface area contributed by atoms with E-state index in [1.807, 2.05) is 51.1 Å². The van der Waals surface area contributed by atoms with Crippen LogP contribution in [0.5, 0.6) is 5.75 Å². The fourth-order valence-corrected chi connectivity index (χ4v) is 3.96. The molecule has 0 amide bonds. The van der Waals surface area contributed by atoms with Gasteiger partial charge in [-0.25, -0.2) is 0 Å². The van der Waals surface area contributed by atoms with Crippen molar-refractivity contribution in [3.63, 3.8) is 0 Å². The van der Waals surface area contributed by atoms with Crippen molar-refractivity contribution >= 4 is 22.6 Å². The van der Waals surface area contributed by atoms with Gasteiger partial charge >= 0.3 is 0 Å². The first-order chi connectivity index (χ1) is 13.9. The summed E-state index contributed by atoms with van der Waals surface area (Å²) in [6.07, 6.45) is 0. The monoisotopic (exact) mass is 392 g/mol. The number of carbonyl (C=O) groups excluding carboxylic acids is 1. The van der Waals surface area contributed by atoms with E-state index in [0.717, 1.165) is 59.6 Å². The molecule has 5 nitrogen and oxygen atoms in total. The zero-order valence-electron chi connectivity index (χ0n) is 17.8. The van der Waals surface area contributed by atoms with Gasteiger partial charge in [-0.05, 0) is 62.7 Å². The van der Waals surface area contributed by atoms with Crippen molar-refractivity contribution in [2.45, 2.75) is 20.8 Å². The summed E-state index contributed by atoms with van der Waals surface area (Å²) in [6, 6.07) is 9.82. The average Bonchev–Trinajstić information content (AvgIpc) is 3.08. The smallest absolute Gasteiger partial charge is 0.208 e. The van der Waals surface area contributed by atoms with Gasteiger partial charge in [0.25, 0.3) is 0 Å². The number of ether oxygens (including phenoxy) is 1. The van der Waals surface area contributed by atoms with E-state index in [-0.39, 0.29) is 5.78 Å². The van der Waals surface area contributed by atoms with Crippen molar-refractivity contribution in [2.24, 2.45) is 0 Å². The van der Waals surface area contributed by atoms with Crippen molar-refractivity contribution in [3.8, 4) is 5.75 Å². The summed E-state index contributed by atoms with van der Waals surface area (Å²) in [6.45, 7) is 9.62. The molecule has 0 saturated carbocycles. The Balaban J connectivity index is 1.86. The lowest BCUT2D eigenvalue weighted by molar-refractivity contribution is 0.103. The van der Waals surface area contributed by atoms with Crippen LogP contribution in [0.4, 0.5) is 5.88 Å². The number of ketones is 1. The number of hydrogen-bond acceptors (Lipinski definition) is 5. The topological polar surface area (TPSA) is 45.9 Å². The van der Waals surface area contributed by atoms with E-state index in [1.165, 1.54) is 0 Å². The first kappa shape index (κ1) is 19.5. The van der Waals surface area contributed by atoms with Gasteiger partial charge in [0, 0.05) is 37.1 Å². The number of fused-ring (bicyclic) bond motifs is 1. The predicted molar refractivity (Wildman–Crippen MR) is 117 cm³/mol. The summed E-state index contributed by atoms with van der Waals surface area (Å²) < 4.78 is 11.8. The highest BCUT2D eigenvalue weighted by atomic mass is 16.5. The molecule has 0 unspecified atom stereocenters. The van der Waals surface area contributed by atoms with Crippen LogP contribution in [-0.2, 0) is 0 Å². The number of nitrogens with zero attached hydrogens (tertiary/aromatic N) is 2. The molecule has 1 saturated heterocycles. The van der Waals surface area contributed by atoms with Crippen molar-refractivity contribution in [3.05, 3.63) is 58.1 Å². The molecule has 0 radical (unpaired) electrons. The van der Waals surface area contributed by atoms with Crippen LogP contribution in [0, 0.1) is 20.8 Å². The number of likely N-dealkylation sites (N-methyl/N-ethyl adjacent to an activating group) is 1. The summed E-state index contributed by atoms with van der Waals surface area (Å²) in [5.41, 5.74) is 5.24. The minimum Gasteiger partial charge on any atom is -0.496 e. The number of hydrogen-bond donors (Lipinski definition) is 0. The van der Waals surface area contributed by atoms with Gasteiger partial charge < -0.3 is 19.0 Å². The van der Waals surface area contributed by atoms with Crippen LogP contribution in [0.1, 0.15) is 32.6 Å². The van der Waals surface area contributed by atoms with E-state index in [1.54, 1.807) is 7.11 Å². The van der Waals surface area contributed by atoms with Gasteiger partial charge in [0.1, 0.15) is 11.3 Å². The maximum absolute atomic E-state index is 13.7. The molecule has 3 aromatic rings. The highest BCUT2D eigenvalue weighted by molar-refractivity contribution is 6.19. The third-order valence-corrected chi connectivity index (χ3v) is 5.95. The molecule has 2 heterocycles. The molecule has 1 aliphatic heterocycles. The van der Waals surface area contributed by atoms with Gasteiger partial charge in [-0.15, -0.1) is 0 Å². The summed E-state index contributed by atoms with van der Waals surface area (Å²) in [7, 11) is 3.76. The molecule has 0 N–H and O–H groups in total. The Labute approximate surface area is 171 Å². The molecule has 0 aliphatic carbocycles. The molecule has 5 heteroatoms. The van der Waals surface area contributed by atoms with E-state index >= 15 is 0 Å². The van der Waals surface area contributed by atoms with Gasteiger partial charge in [0.05, 0.1) is 12.7 Å². The lowest BCUT2D eigenvalue weighted by atomic mass is 9.97. The molecule has 1 aromatic heterocycles. The van der Waals surface area contributed by atoms with Gasteiger partial charge in [0.15, 0.2) is 5.78 Å². The second-order valence-corrected chi connectivity index (χ2v) is 8.02. The van der Waals surface area contributed by atoms with E-state index in [9.17, 15) is 4.79 Å². The van der Waals surface area contributed by atoms with Crippen molar-refractivity contribution in [2.75, 3.05) is 45.2 Å². The van der Waals surface area contributed by atoms with Gasteiger partial charge in [0.2, 0.25) is 5.88 Å². The van der Waals surface area contributed by atoms with Gasteiger partial charge in [-0.3, -0.25) is 4.79 Å². The molecule has 4 rings (SSSR count). The number of piperazine rings is 1. The minimum atomic E-state index is -0.0251. The minimum absolute atomic E-state index is 0.0251. The largest absolute Gasteiger partial charge is 0.496 e. The molecule has 1 aliphatic rings. The molecular weight excluding hydrogens is 364 g/mol. The van der Waals surface area contributed by atoms with E-state index in [4.69, 9.17) is 9.15 Å². The second kappa shape index (κ2) is 7.56. The Morgan fingerprint density at radius 3 is 2.45 bits per heavy atom. The van der Waals surface area contributed by atoms with Gasteiger partial charge in [-0.2, -0.15) is 0 Å². The fourth-order valence-electron chi connectivity index (χ4n) is 3.96. The number of furan rings is 1. The van der Waals surface area contributed by atoms with Crippen molar-refractivity contribution in [1.29, 1.82) is 0 Å². The number of benzene rings is 2. The molecular formula is C24H28N2O3. The molecule has 0 spiro atoms. The predicted octanol–water partition coefficient (Wildman–Crippen LogP) is 4.35. The summed E-state index contributed by atoms with van der Waals surface area (Å²) in [5.74, 6) is 1.39. The Kier molecular flexibility index (Phi) is 5.09. The maximum Gasteiger partial charge on any atom is 0.208 e. The molecule has 152 valence electrons. The standard InChI is InChI=1S/C24H28N2O3/c1-15-6-7-19-21(12-15)29-24(26-10-8-25(4)9-11-26)22(19)23(27)18-13-16(2)17(3)20(14-18)28-5/h6-7,12-14H,8-11H2,1-5H3. The number of methoxy groups -OCH3 is 1. The summed E-state index contributed by atoms with van der Waals surface area (Å²) >= 11 is 0. The van der Waals surface area contributed by atoms with E-state index < -0.39 is 0 Å². The number of rotatable bonds is 4. The van der Waals surface area contributed by atoms with Crippen LogP contribution >= 0.6 is 0 Å². The van der Waals surface area contributed by atoms with Crippen LogP contribution in [0.25, 0.3) is 11.0 Å². The first-order valence-corrected chi connectivity index (χ1v) is 10.1. The SMILES string of the molecule is COc1cc(C(=O)c2c(N3CCN(C)CC3)oc3cc(C)ccc23)cc(C)c1C. The van der Waals surface area contributed by atoms with Crippen LogP contribution in [-0.4, -0.2) is 51.0 Å². The highest BCUT2D eigenvalue weighted by Crippen LogP contribution is 2.36. The van der Waals surface area contributed by atoms with E-state index in [2.05, 4.69) is 16.8 Å². The Hall–Kier alpha value is -2.79. The number of anilines is 1. The zero-order chi connectivity index (χ0) is 20.7. The molecule has 0 bridgehead atoms. The zero-order valence-corrected chi connectivity index (χ0v) is 17.8. The van der Waals surface area contributed by atoms with Crippen molar-refractivity contribution < 1.29 is 13.9 Å². The van der Waals surface area contributed by atoms with Crippen LogP contribution < -0.4 is 9.64 Å². The Morgan fingerprint density at radius 2 is 1.76 bits per heavy atom. The van der Waals surface area contributed by atoms with Crippen LogP contribution in [0.3, 0.4) is 0 Å². The highest BCUT2D eigenvalue weighted by Gasteiger charge is 2.28. The second-order valence-electron chi connectivity index (χ2n) is 8.02.